The Balaban J connectivity index is 1.86. The van der Waals surface area contributed by atoms with Crippen LogP contribution >= 0.6 is 15.9 Å². The van der Waals surface area contributed by atoms with E-state index in [1.165, 1.54) is 12.1 Å². The number of esters is 1. The molecule has 2 rings (SSSR count). The highest BCUT2D eigenvalue weighted by molar-refractivity contribution is 9.10. The van der Waals surface area contributed by atoms with Crippen LogP contribution in [0.4, 0.5) is 0 Å². The van der Waals surface area contributed by atoms with Crippen LogP contribution in [0.25, 0.3) is 0 Å². The summed E-state index contributed by atoms with van der Waals surface area (Å²) in [6.45, 7) is -1.00. The molecule has 0 unspecified atom stereocenters. The van der Waals surface area contributed by atoms with Gasteiger partial charge in [-0.3, -0.25) is 9.59 Å². The Labute approximate surface area is 148 Å². The summed E-state index contributed by atoms with van der Waals surface area (Å²) in [4.78, 5) is 23.4. The molecule has 0 atom stereocenters. The lowest BCUT2D eigenvalue weighted by atomic mass is 10.1. The van der Waals surface area contributed by atoms with Crippen molar-refractivity contribution in [2.45, 2.75) is 4.90 Å². The van der Waals surface area contributed by atoms with Gasteiger partial charge < -0.3 is 4.74 Å². The molecule has 0 aliphatic heterocycles. The lowest BCUT2D eigenvalue weighted by molar-refractivity contribution is -0.141. The molecule has 24 heavy (non-hydrogen) atoms. The maximum atomic E-state index is 12.0. The van der Waals surface area contributed by atoms with Crippen LogP contribution in [-0.2, 0) is 19.6 Å². The molecule has 0 spiro atoms. The van der Waals surface area contributed by atoms with E-state index in [1.54, 1.807) is 42.5 Å². The van der Waals surface area contributed by atoms with E-state index in [0.717, 1.165) is 0 Å². The van der Waals surface area contributed by atoms with Gasteiger partial charge in [-0.1, -0.05) is 52.3 Å². The van der Waals surface area contributed by atoms with E-state index in [0.29, 0.717) is 10.0 Å². The summed E-state index contributed by atoms with van der Waals surface area (Å²) >= 11 is 3.18. The van der Waals surface area contributed by atoms with Crippen LogP contribution in [0.2, 0.25) is 0 Å². The normalized spacial score (nSPS) is 11.0. The van der Waals surface area contributed by atoms with E-state index in [9.17, 15) is 18.0 Å². The summed E-state index contributed by atoms with van der Waals surface area (Å²) in [5.74, 6) is -1.20. The highest BCUT2D eigenvalue weighted by atomic mass is 79.9. The van der Waals surface area contributed by atoms with Crippen molar-refractivity contribution in [1.82, 2.24) is 4.72 Å². The zero-order chi connectivity index (χ0) is 17.6. The van der Waals surface area contributed by atoms with E-state index in [-0.39, 0.29) is 10.7 Å². The molecule has 2 aromatic rings. The number of carbonyl (C=O) groups excluding carboxylic acids is 2. The van der Waals surface area contributed by atoms with Gasteiger partial charge in [0.15, 0.2) is 12.4 Å². The topological polar surface area (TPSA) is 89.5 Å². The predicted molar refractivity (Wildman–Crippen MR) is 91.1 cm³/mol. The lowest BCUT2D eigenvalue weighted by Gasteiger charge is -2.07. The molecule has 0 bridgehead atoms. The third-order valence-corrected chi connectivity index (χ3v) is 4.87. The largest absolute Gasteiger partial charge is 0.456 e. The van der Waals surface area contributed by atoms with Crippen LogP contribution in [0.3, 0.4) is 0 Å². The number of carbonyl (C=O) groups is 2. The molecule has 126 valence electrons. The number of ether oxygens (including phenoxy) is 1. The Hall–Kier alpha value is -2.03. The summed E-state index contributed by atoms with van der Waals surface area (Å²) in [5.41, 5.74) is 0.417. The van der Waals surface area contributed by atoms with Crippen molar-refractivity contribution in [3.8, 4) is 0 Å². The van der Waals surface area contributed by atoms with Crippen LogP contribution in [0.5, 0.6) is 0 Å². The molecule has 6 nitrogen and oxygen atoms in total. The monoisotopic (exact) mass is 411 g/mol. The molecule has 0 heterocycles. The number of benzene rings is 2. The van der Waals surface area contributed by atoms with Crippen LogP contribution in [0, 0.1) is 0 Å². The maximum absolute atomic E-state index is 12.0. The van der Waals surface area contributed by atoms with E-state index in [2.05, 4.69) is 20.7 Å². The van der Waals surface area contributed by atoms with E-state index in [1.807, 2.05) is 0 Å². The smallest absolute Gasteiger partial charge is 0.321 e. The summed E-state index contributed by atoms with van der Waals surface area (Å²) in [6.07, 6.45) is 0. The molecule has 0 aliphatic carbocycles. The number of halogens is 1. The van der Waals surface area contributed by atoms with Gasteiger partial charge in [-0.2, -0.15) is 4.72 Å². The summed E-state index contributed by atoms with van der Waals surface area (Å²) in [6, 6.07) is 14.4. The zero-order valence-electron chi connectivity index (χ0n) is 12.4. The van der Waals surface area contributed by atoms with Crippen molar-refractivity contribution < 1.29 is 22.7 Å². The van der Waals surface area contributed by atoms with Gasteiger partial charge in [0.05, 0.1) is 4.90 Å². The molecule has 0 radical (unpaired) electrons. The van der Waals surface area contributed by atoms with Crippen LogP contribution < -0.4 is 4.72 Å². The quantitative estimate of drug-likeness (QED) is 0.556. The Morgan fingerprint density at radius 3 is 2.42 bits per heavy atom. The number of sulfonamides is 1. The fourth-order valence-electron chi connectivity index (χ4n) is 1.78. The Morgan fingerprint density at radius 2 is 1.75 bits per heavy atom. The average molecular weight is 412 g/mol. The SMILES string of the molecule is O=C(CNS(=O)(=O)c1cccc(Br)c1)OCC(=O)c1ccccc1. The van der Waals surface area contributed by atoms with Crippen LogP contribution in [-0.4, -0.2) is 33.3 Å². The predicted octanol–water partition coefficient (Wildman–Crippen LogP) is 2.15. The summed E-state index contributed by atoms with van der Waals surface area (Å²) in [5, 5.41) is 0. The maximum Gasteiger partial charge on any atom is 0.321 e. The van der Waals surface area contributed by atoms with Gasteiger partial charge in [-0.25, -0.2) is 8.42 Å². The third-order valence-electron chi connectivity index (χ3n) is 2.97. The van der Waals surface area contributed by atoms with Gasteiger partial charge in [0.25, 0.3) is 0 Å². The average Bonchev–Trinajstić information content (AvgIpc) is 2.58. The van der Waals surface area contributed by atoms with Crippen molar-refractivity contribution in [2.75, 3.05) is 13.2 Å². The molecule has 8 heteroatoms. The van der Waals surface area contributed by atoms with Crippen molar-refractivity contribution in [3.63, 3.8) is 0 Å². The van der Waals surface area contributed by atoms with E-state index in [4.69, 9.17) is 4.74 Å². The van der Waals surface area contributed by atoms with Crippen molar-refractivity contribution >= 4 is 37.7 Å². The summed E-state index contributed by atoms with van der Waals surface area (Å²) in [7, 11) is -3.83. The molecule has 0 aromatic heterocycles. The number of rotatable bonds is 7. The van der Waals surface area contributed by atoms with Crippen LogP contribution in [0.1, 0.15) is 10.4 Å². The lowest BCUT2D eigenvalue weighted by Crippen LogP contribution is -2.31. The summed E-state index contributed by atoms with van der Waals surface area (Å²) < 4.78 is 31.6. The molecule has 0 amide bonds. The van der Waals surface area contributed by atoms with Gasteiger partial charge in [0.1, 0.15) is 6.54 Å². The first-order chi connectivity index (χ1) is 11.4. The highest BCUT2D eigenvalue weighted by Crippen LogP contribution is 2.15. The minimum atomic E-state index is -3.83. The zero-order valence-corrected chi connectivity index (χ0v) is 14.8. The van der Waals surface area contributed by atoms with Gasteiger partial charge >= 0.3 is 5.97 Å². The second-order valence-corrected chi connectivity index (χ2v) is 7.41. The van der Waals surface area contributed by atoms with Gasteiger partial charge in [0, 0.05) is 10.0 Å². The fourth-order valence-corrected chi connectivity index (χ4v) is 3.34. The standard InChI is InChI=1S/C16H14BrNO5S/c17-13-7-4-8-14(9-13)24(21,22)18-10-16(20)23-11-15(19)12-5-2-1-3-6-12/h1-9,18H,10-11H2. The number of hydrogen-bond donors (Lipinski definition) is 1. The first kappa shape index (κ1) is 18.3. The van der Waals surface area contributed by atoms with Crippen molar-refractivity contribution in [1.29, 1.82) is 0 Å². The highest BCUT2D eigenvalue weighted by Gasteiger charge is 2.17. The number of Topliss-reactive ketones (excluding diaryl/α,β-unsaturated/α-hetero) is 1. The molecular formula is C16H14BrNO5S. The Kier molecular flexibility index (Phi) is 6.24. The molecular weight excluding hydrogens is 398 g/mol. The first-order valence-corrected chi connectivity index (χ1v) is 9.15. The molecule has 1 N–H and O–H groups in total. The second kappa shape index (κ2) is 8.18. The number of hydrogen-bond acceptors (Lipinski definition) is 5. The fraction of sp³-hybridized carbons (Fsp3) is 0.125. The van der Waals surface area contributed by atoms with Crippen LogP contribution in [0.15, 0.2) is 64.0 Å². The van der Waals surface area contributed by atoms with Gasteiger partial charge in [-0.15, -0.1) is 0 Å². The van der Waals surface area contributed by atoms with Crippen molar-refractivity contribution in [3.05, 3.63) is 64.6 Å². The van der Waals surface area contributed by atoms with Gasteiger partial charge in [-0.05, 0) is 18.2 Å². The molecule has 0 saturated carbocycles. The van der Waals surface area contributed by atoms with E-state index >= 15 is 0 Å². The molecule has 0 aliphatic rings. The minimum absolute atomic E-state index is 0.0186. The minimum Gasteiger partial charge on any atom is -0.456 e. The Bertz CT molecular complexity index is 837. The molecule has 0 fully saturated rings. The third kappa shape index (κ3) is 5.26. The van der Waals surface area contributed by atoms with E-state index < -0.39 is 29.1 Å². The van der Waals surface area contributed by atoms with Crippen molar-refractivity contribution in [2.24, 2.45) is 0 Å². The Morgan fingerprint density at radius 1 is 1.04 bits per heavy atom. The molecule has 0 saturated heterocycles. The molecule has 2 aromatic carbocycles. The first-order valence-electron chi connectivity index (χ1n) is 6.87. The number of nitrogens with one attached hydrogen (secondary N) is 1. The number of ketones is 1. The second-order valence-electron chi connectivity index (χ2n) is 4.73. The van der Waals surface area contributed by atoms with Gasteiger partial charge in [0.2, 0.25) is 10.0 Å².